The largest absolute Gasteiger partial charge is 2.00 e. The predicted octanol–water partition coefficient (Wildman–Crippen LogP) is -5.76. The van der Waals surface area contributed by atoms with Gasteiger partial charge in [0.25, 0.3) is 0 Å². The Morgan fingerprint density at radius 2 is 1.25 bits per heavy atom. The summed E-state index contributed by atoms with van der Waals surface area (Å²) in [5.41, 5.74) is 0. The van der Waals surface area contributed by atoms with Crippen molar-refractivity contribution in [2.45, 2.75) is 0 Å². The van der Waals surface area contributed by atoms with Crippen LogP contribution in [0, 0.1) is 0 Å². The molecule has 0 rings (SSSR count). The zero-order valence-corrected chi connectivity index (χ0v) is 10.7. The molecular weight excluding hydrogens is 116 g/mol. The van der Waals surface area contributed by atoms with Gasteiger partial charge in [-0.05, 0) is 0 Å². The molecule has 0 amide bonds. The standard InChI is InChI=1S/Ca.K.H3N.Na.4H/h;;1H3;;;;;/q+2;+1;;+1;4*-1. The SMILES string of the molecule is N.[Ca+2].[H-].[H-].[H-].[H-].[K+].[Na+]. The molecular formula is H7CaKNNa. The van der Waals surface area contributed by atoms with Gasteiger partial charge in [0, 0.05) is 0 Å². The van der Waals surface area contributed by atoms with Crippen LogP contribution in [0.25, 0.3) is 0 Å². The van der Waals surface area contributed by atoms with Crippen molar-refractivity contribution in [3.63, 3.8) is 0 Å². The molecule has 4 heavy (non-hydrogen) atoms. The molecule has 0 spiro atoms. The summed E-state index contributed by atoms with van der Waals surface area (Å²) in [6.45, 7) is 0. The van der Waals surface area contributed by atoms with Crippen LogP contribution in [0.2, 0.25) is 0 Å². The van der Waals surface area contributed by atoms with Crippen LogP contribution in [0.4, 0.5) is 0 Å². The molecule has 0 aromatic heterocycles. The maximum absolute atomic E-state index is 0. The van der Waals surface area contributed by atoms with Crippen LogP contribution in [0.1, 0.15) is 5.71 Å². The number of rotatable bonds is 0. The van der Waals surface area contributed by atoms with Gasteiger partial charge in [-0.2, -0.15) is 0 Å². The summed E-state index contributed by atoms with van der Waals surface area (Å²) in [4.78, 5) is 0. The van der Waals surface area contributed by atoms with Crippen molar-refractivity contribution < 1.29 is 86.6 Å². The molecule has 0 aromatic rings. The summed E-state index contributed by atoms with van der Waals surface area (Å²) in [5.74, 6) is 0. The van der Waals surface area contributed by atoms with Crippen LogP contribution < -0.4 is 87.1 Å². The van der Waals surface area contributed by atoms with Crippen LogP contribution in [0.15, 0.2) is 0 Å². The maximum atomic E-state index is 0. The summed E-state index contributed by atoms with van der Waals surface area (Å²) >= 11 is 0. The van der Waals surface area contributed by atoms with E-state index in [1.807, 2.05) is 0 Å². The van der Waals surface area contributed by atoms with E-state index in [-0.39, 0.29) is 131 Å². The Hall–Kier alpha value is 3.86. The van der Waals surface area contributed by atoms with E-state index in [1.165, 1.54) is 0 Å². The van der Waals surface area contributed by atoms with Crippen molar-refractivity contribution in [3.8, 4) is 0 Å². The molecule has 16 valence electrons. The second-order valence-electron chi connectivity index (χ2n) is 0. The molecule has 0 unspecified atom stereocenters. The molecule has 1 nitrogen and oxygen atoms in total. The van der Waals surface area contributed by atoms with Gasteiger partial charge in [0.1, 0.15) is 0 Å². The van der Waals surface area contributed by atoms with Gasteiger partial charge in [0.05, 0.1) is 0 Å². The number of hydrogen-bond donors (Lipinski definition) is 1. The quantitative estimate of drug-likeness (QED) is 0.320. The Morgan fingerprint density at radius 1 is 1.25 bits per heavy atom. The third-order valence-corrected chi connectivity index (χ3v) is 0. The fraction of sp³-hybridized carbons (Fsp3) is 0. The van der Waals surface area contributed by atoms with Gasteiger partial charge >= 0.3 is 119 Å². The van der Waals surface area contributed by atoms with Crippen LogP contribution in [-0.2, 0) is 0 Å². The smallest absolute Gasteiger partial charge is 1.00 e. The molecule has 0 aliphatic rings. The van der Waals surface area contributed by atoms with Crippen molar-refractivity contribution >= 4 is 37.7 Å². The van der Waals surface area contributed by atoms with E-state index in [0.29, 0.717) is 0 Å². The van der Waals surface area contributed by atoms with E-state index in [9.17, 15) is 0 Å². The van der Waals surface area contributed by atoms with Crippen LogP contribution >= 0.6 is 0 Å². The molecule has 4 heteroatoms. The predicted molar refractivity (Wildman–Crippen MR) is 15.2 cm³/mol. The van der Waals surface area contributed by atoms with Gasteiger partial charge in [-0.25, -0.2) is 0 Å². The zero-order chi connectivity index (χ0) is 0. The van der Waals surface area contributed by atoms with E-state index in [4.69, 9.17) is 0 Å². The maximum Gasteiger partial charge on any atom is 2.00 e. The van der Waals surface area contributed by atoms with E-state index in [2.05, 4.69) is 0 Å². The monoisotopic (exact) mass is 123 g/mol. The van der Waals surface area contributed by atoms with Crippen molar-refractivity contribution in [1.82, 2.24) is 6.15 Å². The molecule has 0 atom stereocenters. The topological polar surface area (TPSA) is 35.0 Å². The Labute approximate surface area is 127 Å². The van der Waals surface area contributed by atoms with Gasteiger partial charge in [-0.15, -0.1) is 0 Å². The Bertz CT molecular complexity index is 16.0. The van der Waals surface area contributed by atoms with Crippen molar-refractivity contribution in [1.29, 1.82) is 0 Å². The average molecular weight is 123 g/mol. The molecule has 0 heterocycles. The fourth-order valence-electron chi connectivity index (χ4n) is 0. The molecule has 0 saturated carbocycles. The van der Waals surface area contributed by atoms with Crippen LogP contribution in [0.5, 0.6) is 0 Å². The van der Waals surface area contributed by atoms with E-state index in [0.717, 1.165) is 0 Å². The summed E-state index contributed by atoms with van der Waals surface area (Å²) in [5, 5.41) is 0. The Balaban J connectivity index is 0. The van der Waals surface area contributed by atoms with Gasteiger partial charge in [0.15, 0.2) is 0 Å². The van der Waals surface area contributed by atoms with Gasteiger partial charge in [-0.3, -0.25) is 0 Å². The summed E-state index contributed by atoms with van der Waals surface area (Å²) < 4.78 is 0. The molecule has 0 saturated heterocycles. The van der Waals surface area contributed by atoms with Gasteiger partial charge in [-0.1, -0.05) is 0 Å². The van der Waals surface area contributed by atoms with E-state index < -0.39 is 0 Å². The summed E-state index contributed by atoms with van der Waals surface area (Å²) in [6, 6.07) is 0. The van der Waals surface area contributed by atoms with Crippen LogP contribution in [-0.4, -0.2) is 37.7 Å². The van der Waals surface area contributed by atoms with Gasteiger partial charge in [0.2, 0.25) is 0 Å². The van der Waals surface area contributed by atoms with E-state index in [1.54, 1.807) is 0 Å². The molecule has 0 aliphatic heterocycles. The molecule has 0 aliphatic carbocycles. The first-order chi connectivity index (χ1) is 0. The Morgan fingerprint density at radius 3 is 1.25 bits per heavy atom. The normalized spacial score (nSPS) is 0. The first-order valence-electron chi connectivity index (χ1n) is 0. The minimum atomic E-state index is 0. The molecule has 0 radical (unpaired) electrons. The molecule has 0 fully saturated rings. The van der Waals surface area contributed by atoms with E-state index >= 15 is 0 Å². The average Bonchev–Trinajstić information content (AvgIpc) is 0. The number of hydrogen-bond acceptors (Lipinski definition) is 1. The third-order valence-electron chi connectivity index (χ3n) is 0. The molecule has 3 N–H and O–H groups in total. The molecule has 0 aromatic carbocycles. The second-order valence-corrected chi connectivity index (χ2v) is 0. The Kier molecular flexibility index (Phi) is 98.2. The van der Waals surface area contributed by atoms with Crippen molar-refractivity contribution in [2.75, 3.05) is 0 Å². The van der Waals surface area contributed by atoms with Gasteiger partial charge < -0.3 is 11.9 Å². The first-order valence-corrected chi connectivity index (χ1v) is 0. The van der Waals surface area contributed by atoms with Crippen LogP contribution in [0.3, 0.4) is 0 Å². The minimum Gasteiger partial charge on any atom is -1.00 e. The summed E-state index contributed by atoms with van der Waals surface area (Å²) in [7, 11) is 0. The minimum absolute atomic E-state index is 0. The summed E-state index contributed by atoms with van der Waals surface area (Å²) in [6.07, 6.45) is 0. The molecule has 0 bridgehead atoms. The zero-order valence-electron chi connectivity index (χ0n) is 7.41. The second kappa shape index (κ2) is 15.8. The fourth-order valence-corrected chi connectivity index (χ4v) is 0. The third kappa shape index (κ3) is 9.29. The van der Waals surface area contributed by atoms with Crippen molar-refractivity contribution in [3.05, 3.63) is 0 Å². The first kappa shape index (κ1) is 24.8. The van der Waals surface area contributed by atoms with Crippen molar-refractivity contribution in [2.24, 2.45) is 0 Å².